The zero-order chi connectivity index (χ0) is 18.8. The van der Waals surface area contributed by atoms with Crippen LogP contribution in [0.3, 0.4) is 0 Å². The molecule has 3 aromatic rings. The molecule has 0 spiro atoms. The molecule has 0 unspecified atom stereocenters. The quantitative estimate of drug-likeness (QED) is 0.734. The minimum atomic E-state index is -0.162. The predicted molar refractivity (Wildman–Crippen MR) is 106 cm³/mol. The van der Waals surface area contributed by atoms with Gasteiger partial charge >= 0.3 is 0 Å². The van der Waals surface area contributed by atoms with Gasteiger partial charge in [0.25, 0.3) is 5.91 Å². The number of halogens is 1. The van der Waals surface area contributed by atoms with Crippen LogP contribution in [0.2, 0.25) is 5.02 Å². The van der Waals surface area contributed by atoms with Gasteiger partial charge in [0.05, 0.1) is 5.02 Å². The number of pyridine rings is 1. The summed E-state index contributed by atoms with van der Waals surface area (Å²) in [6.45, 7) is 4.69. The van der Waals surface area contributed by atoms with Crippen molar-refractivity contribution in [3.8, 4) is 0 Å². The normalized spacial score (nSPS) is 15.9. The number of para-hydroxylation sites is 1. The number of amides is 1. The van der Waals surface area contributed by atoms with Gasteiger partial charge in [0.2, 0.25) is 0 Å². The number of piperidine rings is 1. The number of fused-ring (bicyclic) bond motifs is 1. The molecule has 1 fully saturated rings. The number of carbonyl (C=O) groups is 1. The van der Waals surface area contributed by atoms with Crippen molar-refractivity contribution in [1.82, 2.24) is 15.2 Å². The molecule has 6 heteroatoms. The van der Waals surface area contributed by atoms with Crippen molar-refractivity contribution in [1.29, 1.82) is 0 Å². The summed E-state index contributed by atoms with van der Waals surface area (Å²) in [5, 5.41) is 4.54. The molecule has 27 heavy (non-hydrogen) atoms. The Morgan fingerprint density at radius 3 is 2.81 bits per heavy atom. The lowest BCUT2D eigenvalue weighted by Gasteiger charge is -2.32. The number of aromatic nitrogens is 1. The first-order valence-corrected chi connectivity index (χ1v) is 9.59. The number of aryl methyl sites for hydroxylation is 1. The molecule has 0 aliphatic carbocycles. The van der Waals surface area contributed by atoms with Gasteiger partial charge in [-0.05, 0) is 37.5 Å². The third-order valence-corrected chi connectivity index (χ3v) is 5.47. The van der Waals surface area contributed by atoms with E-state index in [0.717, 1.165) is 43.4 Å². The molecule has 4 rings (SSSR count). The lowest BCUT2D eigenvalue weighted by atomic mass is 10.0. The van der Waals surface area contributed by atoms with Crippen molar-refractivity contribution >= 4 is 28.5 Å². The van der Waals surface area contributed by atoms with E-state index >= 15 is 0 Å². The van der Waals surface area contributed by atoms with E-state index in [4.69, 9.17) is 16.0 Å². The van der Waals surface area contributed by atoms with Gasteiger partial charge in [0.15, 0.2) is 11.3 Å². The molecule has 2 aromatic heterocycles. The van der Waals surface area contributed by atoms with Gasteiger partial charge < -0.3 is 9.73 Å². The maximum Gasteiger partial charge on any atom is 0.287 e. The van der Waals surface area contributed by atoms with Crippen LogP contribution in [0.4, 0.5) is 0 Å². The summed E-state index contributed by atoms with van der Waals surface area (Å²) in [7, 11) is 0. The molecular weight excluding hydrogens is 362 g/mol. The molecule has 0 bridgehead atoms. The van der Waals surface area contributed by atoms with Crippen LogP contribution in [0.5, 0.6) is 0 Å². The lowest BCUT2D eigenvalue weighted by molar-refractivity contribution is 0.0882. The highest BCUT2D eigenvalue weighted by molar-refractivity contribution is 6.35. The highest BCUT2D eigenvalue weighted by Gasteiger charge is 2.24. The second-order valence-corrected chi connectivity index (χ2v) is 7.47. The second kappa shape index (κ2) is 7.71. The van der Waals surface area contributed by atoms with Crippen LogP contribution in [0.15, 0.2) is 47.1 Å². The molecule has 3 heterocycles. The van der Waals surface area contributed by atoms with E-state index in [-0.39, 0.29) is 11.9 Å². The average Bonchev–Trinajstić information content (AvgIpc) is 3.03. The predicted octanol–water partition coefficient (Wildman–Crippen LogP) is 4.18. The Hall–Kier alpha value is -2.37. The Bertz CT molecular complexity index is 947. The fourth-order valence-corrected chi connectivity index (χ4v) is 3.87. The molecule has 0 atom stereocenters. The number of nitrogens with zero attached hydrogens (tertiary/aromatic N) is 2. The minimum absolute atomic E-state index is 0.158. The van der Waals surface area contributed by atoms with Gasteiger partial charge in [-0.1, -0.05) is 29.8 Å². The Morgan fingerprint density at radius 2 is 2.11 bits per heavy atom. The van der Waals surface area contributed by atoms with Crippen molar-refractivity contribution in [3.63, 3.8) is 0 Å². The van der Waals surface area contributed by atoms with Crippen molar-refractivity contribution in [2.24, 2.45) is 0 Å². The number of furan rings is 1. The maximum atomic E-state index is 12.7. The summed E-state index contributed by atoms with van der Waals surface area (Å²) >= 11 is 6.19. The van der Waals surface area contributed by atoms with Gasteiger partial charge in [0.1, 0.15) is 0 Å². The number of nitrogens with one attached hydrogen (secondary N) is 1. The Balaban J connectivity index is 1.37. The van der Waals surface area contributed by atoms with Crippen molar-refractivity contribution in [2.75, 3.05) is 13.1 Å². The molecule has 1 aliphatic rings. The van der Waals surface area contributed by atoms with Crippen LogP contribution in [0, 0.1) is 6.92 Å². The highest BCUT2D eigenvalue weighted by atomic mass is 35.5. The third kappa shape index (κ3) is 3.84. The fourth-order valence-electron chi connectivity index (χ4n) is 3.66. The third-order valence-electron chi connectivity index (χ3n) is 5.17. The smallest absolute Gasteiger partial charge is 0.287 e. The SMILES string of the molecule is Cc1c(C(=O)NC2CCN(Cc3cccnc3)CC2)oc2c(Cl)cccc12. The zero-order valence-electron chi connectivity index (χ0n) is 15.2. The standard InChI is InChI=1S/C21H22ClN3O2/c1-14-17-5-2-6-18(22)20(17)27-19(14)21(26)24-16-7-10-25(11-8-16)13-15-4-3-9-23-12-15/h2-6,9,12,16H,7-8,10-11,13H2,1H3,(H,24,26). The van der Waals surface area contributed by atoms with E-state index in [0.29, 0.717) is 16.4 Å². The van der Waals surface area contributed by atoms with Crippen LogP contribution in [-0.4, -0.2) is 34.9 Å². The van der Waals surface area contributed by atoms with Crippen molar-refractivity contribution in [2.45, 2.75) is 32.4 Å². The van der Waals surface area contributed by atoms with Gasteiger partial charge in [-0.15, -0.1) is 0 Å². The fraction of sp³-hybridized carbons (Fsp3) is 0.333. The van der Waals surface area contributed by atoms with E-state index in [1.807, 2.05) is 31.3 Å². The average molecular weight is 384 g/mol. The Labute approximate surface area is 163 Å². The molecule has 0 radical (unpaired) electrons. The van der Waals surface area contributed by atoms with Crippen LogP contribution >= 0.6 is 11.6 Å². The summed E-state index contributed by atoms with van der Waals surface area (Å²) < 4.78 is 5.77. The summed E-state index contributed by atoms with van der Waals surface area (Å²) in [6, 6.07) is 9.78. The summed E-state index contributed by atoms with van der Waals surface area (Å²) in [5.74, 6) is 0.196. The summed E-state index contributed by atoms with van der Waals surface area (Å²) in [4.78, 5) is 19.3. The molecule has 1 saturated heterocycles. The Kier molecular flexibility index (Phi) is 5.14. The molecule has 140 valence electrons. The first-order chi connectivity index (χ1) is 13.1. The summed E-state index contributed by atoms with van der Waals surface area (Å²) in [6.07, 6.45) is 5.54. The van der Waals surface area contributed by atoms with Crippen LogP contribution in [0.25, 0.3) is 11.0 Å². The monoisotopic (exact) mass is 383 g/mol. The number of hydrogen-bond donors (Lipinski definition) is 1. The Morgan fingerprint density at radius 1 is 1.30 bits per heavy atom. The highest BCUT2D eigenvalue weighted by Crippen LogP contribution is 2.30. The molecule has 0 saturated carbocycles. The number of hydrogen-bond acceptors (Lipinski definition) is 4. The van der Waals surface area contributed by atoms with Gasteiger partial charge in [-0.3, -0.25) is 14.7 Å². The molecule has 1 N–H and O–H groups in total. The lowest BCUT2D eigenvalue weighted by Crippen LogP contribution is -2.44. The molecular formula is C21H22ClN3O2. The number of rotatable bonds is 4. The van der Waals surface area contributed by atoms with E-state index in [1.54, 1.807) is 12.3 Å². The van der Waals surface area contributed by atoms with Crippen molar-refractivity contribution in [3.05, 3.63) is 64.6 Å². The van der Waals surface area contributed by atoms with Crippen LogP contribution in [0.1, 0.15) is 34.5 Å². The summed E-state index contributed by atoms with van der Waals surface area (Å²) in [5.41, 5.74) is 2.63. The molecule has 1 aliphatic heterocycles. The van der Waals surface area contributed by atoms with Gasteiger partial charge in [-0.2, -0.15) is 0 Å². The topological polar surface area (TPSA) is 58.4 Å². The minimum Gasteiger partial charge on any atom is -0.449 e. The zero-order valence-corrected chi connectivity index (χ0v) is 16.0. The molecule has 1 aromatic carbocycles. The van der Waals surface area contributed by atoms with Crippen LogP contribution < -0.4 is 5.32 Å². The first kappa shape index (κ1) is 18.0. The largest absolute Gasteiger partial charge is 0.449 e. The molecule has 5 nitrogen and oxygen atoms in total. The van der Waals surface area contributed by atoms with Gasteiger partial charge in [0, 0.05) is 49.0 Å². The van der Waals surface area contributed by atoms with E-state index in [9.17, 15) is 4.79 Å². The van der Waals surface area contributed by atoms with Crippen LogP contribution in [-0.2, 0) is 6.54 Å². The molecule has 1 amide bonds. The number of likely N-dealkylation sites (tertiary alicyclic amines) is 1. The number of benzene rings is 1. The van der Waals surface area contributed by atoms with E-state index < -0.39 is 0 Å². The van der Waals surface area contributed by atoms with Crippen molar-refractivity contribution < 1.29 is 9.21 Å². The first-order valence-electron chi connectivity index (χ1n) is 9.21. The van der Waals surface area contributed by atoms with E-state index in [1.165, 1.54) is 5.56 Å². The second-order valence-electron chi connectivity index (χ2n) is 7.06. The van der Waals surface area contributed by atoms with Gasteiger partial charge in [-0.25, -0.2) is 0 Å². The number of carbonyl (C=O) groups excluding carboxylic acids is 1. The van der Waals surface area contributed by atoms with E-state index in [2.05, 4.69) is 21.3 Å². The maximum absolute atomic E-state index is 12.7.